The third-order valence-corrected chi connectivity index (χ3v) is 6.02. The van der Waals surface area contributed by atoms with Crippen molar-refractivity contribution in [2.45, 2.75) is 64.2 Å². The van der Waals surface area contributed by atoms with Crippen LogP contribution in [0.2, 0.25) is 0 Å². The molecule has 0 N–H and O–H groups in total. The smallest absolute Gasteiger partial charge is 0.182 e. The quantitative estimate of drug-likeness (QED) is 0.824. The van der Waals surface area contributed by atoms with Gasteiger partial charge in [0.05, 0.1) is 23.8 Å². The Morgan fingerprint density at radius 1 is 0.846 bits per heavy atom. The van der Waals surface area contributed by atoms with Gasteiger partial charge in [-0.25, -0.2) is 19.9 Å². The third kappa shape index (κ3) is 3.43. The fraction of sp³-hybridized carbons (Fsp3) is 0.700. The highest BCUT2D eigenvalue weighted by Crippen LogP contribution is 2.38. The van der Waals surface area contributed by atoms with Crippen LogP contribution >= 0.6 is 0 Å². The highest BCUT2D eigenvalue weighted by atomic mass is 19.1. The Labute approximate surface area is 153 Å². The van der Waals surface area contributed by atoms with Crippen molar-refractivity contribution in [1.29, 1.82) is 0 Å². The van der Waals surface area contributed by atoms with Crippen LogP contribution in [0.1, 0.15) is 73.3 Å². The summed E-state index contributed by atoms with van der Waals surface area (Å²) in [7, 11) is 0. The Morgan fingerprint density at radius 3 is 2.23 bits per heavy atom. The highest BCUT2D eigenvalue weighted by molar-refractivity contribution is 5.73. The molecular formula is C20H27FN4O. The van der Waals surface area contributed by atoms with Crippen LogP contribution in [0.4, 0.5) is 4.39 Å². The third-order valence-electron chi connectivity index (χ3n) is 6.02. The topological polar surface area (TPSA) is 60.8 Å². The van der Waals surface area contributed by atoms with Gasteiger partial charge in [0.2, 0.25) is 0 Å². The molecule has 5 nitrogen and oxygen atoms in total. The number of nitrogens with zero attached hydrogens (tertiary/aromatic N) is 4. The van der Waals surface area contributed by atoms with Gasteiger partial charge in [-0.05, 0) is 58.3 Å². The van der Waals surface area contributed by atoms with Crippen molar-refractivity contribution in [3.63, 3.8) is 0 Å². The Hall–Kier alpha value is -1.69. The molecular weight excluding hydrogens is 331 g/mol. The SMILES string of the molecule is Cc1nc2nc(C3CCOCC3)nc(C3CCC(CF)CC3)c2nc1C. The van der Waals surface area contributed by atoms with Crippen molar-refractivity contribution in [3.8, 4) is 0 Å². The second kappa shape index (κ2) is 7.51. The average Bonchev–Trinajstić information content (AvgIpc) is 2.69. The Bertz CT molecular complexity index is 783. The van der Waals surface area contributed by atoms with Crippen molar-refractivity contribution in [1.82, 2.24) is 19.9 Å². The van der Waals surface area contributed by atoms with Gasteiger partial charge in [0.1, 0.15) is 11.3 Å². The minimum absolute atomic E-state index is 0.206. The number of ether oxygens (including phenoxy) is 1. The first-order chi connectivity index (χ1) is 12.7. The van der Waals surface area contributed by atoms with E-state index in [2.05, 4.69) is 0 Å². The van der Waals surface area contributed by atoms with Crippen LogP contribution in [0.15, 0.2) is 0 Å². The van der Waals surface area contributed by atoms with Crippen molar-refractivity contribution in [3.05, 3.63) is 22.9 Å². The van der Waals surface area contributed by atoms with Crippen molar-refractivity contribution in [2.24, 2.45) is 5.92 Å². The molecule has 2 aromatic heterocycles. The number of halogens is 1. The second-order valence-electron chi connectivity index (χ2n) is 7.79. The summed E-state index contributed by atoms with van der Waals surface area (Å²) in [5.41, 5.74) is 4.43. The maximum absolute atomic E-state index is 13.0. The summed E-state index contributed by atoms with van der Waals surface area (Å²) in [6.07, 6.45) is 5.72. The lowest BCUT2D eigenvalue weighted by molar-refractivity contribution is 0.0835. The van der Waals surface area contributed by atoms with Gasteiger partial charge in [0.25, 0.3) is 0 Å². The molecule has 3 heterocycles. The molecule has 2 aliphatic rings. The molecule has 4 rings (SSSR count). The van der Waals surface area contributed by atoms with Crippen LogP contribution in [-0.4, -0.2) is 39.8 Å². The van der Waals surface area contributed by atoms with Gasteiger partial charge in [0, 0.05) is 25.0 Å². The van der Waals surface area contributed by atoms with E-state index in [0.717, 1.165) is 80.2 Å². The van der Waals surface area contributed by atoms with E-state index in [4.69, 9.17) is 24.7 Å². The van der Waals surface area contributed by atoms with E-state index < -0.39 is 0 Å². The van der Waals surface area contributed by atoms with E-state index in [1.807, 2.05) is 13.8 Å². The molecule has 0 spiro atoms. The van der Waals surface area contributed by atoms with Gasteiger partial charge >= 0.3 is 0 Å². The molecule has 0 bridgehead atoms. The highest BCUT2D eigenvalue weighted by Gasteiger charge is 2.28. The average molecular weight is 358 g/mol. The summed E-state index contributed by atoms with van der Waals surface area (Å²) in [6, 6.07) is 0. The first-order valence-corrected chi connectivity index (χ1v) is 9.82. The van der Waals surface area contributed by atoms with Crippen LogP contribution < -0.4 is 0 Å². The number of rotatable bonds is 3. The molecule has 0 radical (unpaired) electrons. The molecule has 1 saturated carbocycles. The van der Waals surface area contributed by atoms with Crippen molar-refractivity contribution < 1.29 is 9.13 Å². The second-order valence-corrected chi connectivity index (χ2v) is 7.79. The fourth-order valence-corrected chi connectivity index (χ4v) is 4.16. The van der Waals surface area contributed by atoms with Gasteiger partial charge in [-0.3, -0.25) is 4.39 Å². The van der Waals surface area contributed by atoms with Crippen LogP contribution in [0.25, 0.3) is 11.2 Å². The van der Waals surface area contributed by atoms with Crippen LogP contribution in [0.5, 0.6) is 0 Å². The van der Waals surface area contributed by atoms with Gasteiger partial charge in [-0.1, -0.05) is 0 Å². The number of aromatic nitrogens is 4. The van der Waals surface area contributed by atoms with E-state index in [9.17, 15) is 4.39 Å². The number of hydrogen-bond acceptors (Lipinski definition) is 5. The minimum Gasteiger partial charge on any atom is -0.381 e. The first-order valence-electron chi connectivity index (χ1n) is 9.82. The van der Waals surface area contributed by atoms with E-state index in [-0.39, 0.29) is 12.6 Å². The molecule has 1 saturated heterocycles. The summed E-state index contributed by atoms with van der Waals surface area (Å²) in [6.45, 7) is 5.29. The summed E-state index contributed by atoms with van der Waals surface area (Å²) in [4.78, 5) is 19.3. The molecule has 26 heavy (non-hydrogen) atoms. The van der Waals surface area contributed by atoms with Crippen molar-refractivity contribution in [2.75, 3.05) is 19.9 Å². The molecule has 0 atom stereocenters. The molecule has 1 aliphatic carbocycles. The van der Waals surface area contributed by atoms with E-state index in [0.29, 0.717) is 17.5 Å². The lowest BCUT2D eigenvalue weighted by atomic mass is 9.80. The number of fused-ring (bicyclic) bond motifs is 1. The van der Waals surface area contributed by atoms with E-state index in [1.54, 1.807) is 0 Å². The van der Waals surface area contributed by atoms with Crippen LogP contribution in [0, 0.1) is 19.8 Å². The summed E-state index contributed by atoms with van der Waals surface area (Å²) >= 11 is 0. The Morgan fingerprint density at radius 2 is 1.54 bits per heavy atom. The molecule has 6 heteroatoms. The number of alkyl halides is 1. The first kappa shape index (κ1) is 17.7. The monoisotopic (exact) mass is 358 g/mol. The van der Waals surface area contributed by atoms with Gasteiger partial charge < -0.3 is 4.74 Å². The molecule has 0 amide bonds. The molecule has 140 valence electrons. The lowest BCUT2D eigenvalue weighted by Gasteiger charge is -2.28. The largest absolute Gasteiger partial charge is 0.381 e. The maximum atomic E-state index is 13.0. The summed E-state index contributed by atoms with van der Waals surface area (Å²) < 4.78 is 18.5. The Kier molecular flexibility index (Phi) is 5.11. The maximum Gasteiger partial charge on any atom is 0.182 e. The fourth-order valence-electron chi connectivity index (χ4n) is 4.16. The van der Waals surface area contributed by atoms with E-state index in [1.165, 1.54) is 0 Å². The molecule has 0 unspecified atom stereocenters. The predicted molar refractivity (Wildman–Crippen MR) is 98.1 cm³/mol. The summed E-state index contributed by atoms with van der Waals surface area (Å²) in [5.74, 6) is 1.76. The zero-order chi connectivity index (χ0) is 18.1. The minimum atomic E-state index is -0.206. The normalized spacial score (nSPS) is 24.9. The molecule has 2 aromatic rings. The predicted octanol–water partition coefficient (Wildman–Crippen LogP) is 4.17. The summed E-state index contributed by atoms with van der Waals surface area (Å²) in [5, 5.41) is 0. The molecule has 1 aliphatic heterocycles. The van der Waals surface area contributed by atoms with Crippen molar-refractivity contribution >= 4 is 11.2 Å². The Balaban J connectivity index is 1.76. The zero-order valence-corrected chi connectivity index (χ0v) is 15.7. The van der Waals surface area contributed by atoms with Gasteiger partial charge in [0.15, 0.2) is 5.65 Å². The molecule has 0 aromatic carbocycles. The lowest BCUT2D eigenvalue weighted by Crippen LogP contribution is -2.20. The number of hydrogen-bond donors (Lipinski definition) is 0. The van der Waals surface area contributed by atoms with Gasteiger partial charge in [-0.15, -0.1) is 0 Å². The zero-order valence-electron chi connectivity index (χ0n) is 15.7. The van der Waals surface area contributed by atoms with E-state index >= 15 is 0 Å². The standard InChI is InChI=1S/C20H27FN4O/c1-12-13(2)23-20-18(22-12)17(15-5-3-14(11-21)4-6-15)24-19(25-20)16-7-9-26-10-8-16/h14-16H,3-11H2,1-2H3. The number of aryl methyl sites for hydroxylation is 2. The van der Waals surface area contributed by atoms with Crippen LogP contribution in [-0.2, 0) is 4.74 Å². The van der Waals surface area contributed by atoms with Crippen LogP contribution in [0.3, 0.4) is 0 Å². The molecule has 2 fully saturated rings. The van der Waals surface area contributed by atoms with Gasteiger partial charge in [-0.2, -0.15) is 0 Å².